The Morgan fingerprint density at radius 2 is 2.29 bits per heavy atom. The molecule has 0 aromatic carbocycles. The highest BCUT2D eigenvalue weighted by atomic mass is 16.3. The minimum absolute atomic E-state index is 0.115. The van der Waals surface area contributed by atoms with Crippen LogP contribution in [0.4, 0.5) is 0 Å². The smallest absolute Gasteiger partial charge is 0.255 e. The standard InChI is InChI=1S/C13H19NO3/c1-2-12-9(7-8-17-12)13(16)14-10-5-3-4-6-11(10)15/h7-8,10-11,15H,2-6H2,1H3,(H,14,16)/t10-,11-/m0/s1. The van der Waals surface area contributed by atoms with Crippen molar-refractivity contribution in [3.05, 3.63) is 23.7 Å². The molecular weight excluding hydrogens is 218 g/mol. The number of nitrogens with one attached hydrogen (secondary N) is 1. The summed E-state index contributed by atoms with van der Waals surface area (Å²) in [6.07, 6.45) is 5.55. The highest BCUT2D eigenvalue weighted by Gasteiger charge is 2.25. The first-order valence-corrected chi connectivity index (χ1v) is 6.27. The Bertz CT molecular complexity index is 386. The third-order valence-electron chi connectivity index (χ3n) is 3.36. The molecule has 0 spiro atoms. The van der Waals surface area contributed by atoms with E-state index in [4.69, 9.17) is 4.42 Å². The summed E-state index contributed by atoms with van der Waals surface area (Å²) < 4.78 is 5.23. The summed E-state index contributed by atoms with van der Waals surface area (Å²) in [5, 5.41) is 12.7. The number of furan rings is 1. The van der Waals surface area contributed by atoms with Crippen molar-refractivity contribution in [2.75, 3.05) is 0 Å². The highest BCUT2D eigenvalue weighted by Crippen LogP contribution is 2.19. The minimum Gasteiger partial charge on any atom is -0.469 e. The molecule has 17 heavy (non-hydrogen) atoms. The predicted octanol–water partition coefficient (Wildman–Crippen LogP) is 1.88. The predicted molar refractivity (Wildman–Crippen MR) is 63.8 cm³/mol. The Morgan fingerprint density at radius 3 is 3.00 bits per heavy atom. The van der Waals surface area contributed by atoms with Crippen LogP contribution in [0.5, 0.6) is 0 Å². The van der Waals surface area contributed by atoms with E-state index in [1.165, 1.54) is 6.26 Å². The van der Waals surface area contributed by atoms with Crippen molar-refractivity contribution >= 4 is 5.91 Å². The fourth-order valence-electron chi connectivity index (χ4n) is 2.34. The highest BCUT2D eigenvalue weighted by molar-refractivity contribution is 5.95. The van der Waals surface area contributed by atoms with Crippen molar-refractivity contribution in [3.8, 4) is 0 Å². The lowest BCUT2D eigenvalue weighted by atomic mass is 9.92. The molecule has 4 nitrogen and oxygen atoms in total. The number of aryl methyl sites for hydroxylation is 1. The molecule has 0 aliphatic heterocycles. The largest absolute Gasteiger partial charge is 0.469 e. The summed E-state index contributed by atoms with van der Waals surface area (Å²) in [5.74, 6) is 0.564. The second-order valence-corrected chi connectivity index (χ2v) is 4.54. The zero-order valence-corrected chi connectivity index (χ0v) is 10.1. The SMILES string of the molecule is CCc1occc1C(=O)N[C@H]1CCCC[C@@H]1O. The molecule has 0 radical (unpaired) electrons. The number of hydrogen-bond acceptors (Lipinski definition) is 3. The summed E-state index contributed by atoms with van der Waals surface area (Å²) in [6.45, 7) is 1.95. The van der Waals surface area contributed by atoms with Crippen LogP contribution >= 0.6 is 0 Å². The average Bonchev–Trinajstić information content (AvgIpc) is 2.80. The van der Waals surface area contributed by atoms with Gasteiger partial charge in [-0.3, -0.25) is 4.79 Å². The molecule has 1 heterocycles. The van der Waals surface area contributed by atoms with E-state index in [-0.39, 0.29) is 11.9 Å². The molecule has 94 valence electrons. The molecular formula is C13H19NO3. The van der Waals surface area contributed by atoms with Gasteiger partial charge in [-0.25, -0.2) is 0 Å². The number of hydrogen-bond donors (Lipinski definition) is 2. The number of rotatable bonds is 3. The second kappa shape index (κ2) is 5.36. The summed E-state index contributed by atoms with van der Waals surface area (Å²) in [4.78, 5) is 12.0. The lowest BCUT2D eigenvalue weighted by Gasteiger charge is -2.28. The van der Waals surface area contributed by atoms with Crippen LogP contribution in [0.3, 0.4) is 0 Å². The molecule has 1 aromatic rings. The molecule has 1 aliphatic carbocycles. The Labute approximate surface area is 101 Å². The first kappa shape index (κ1) is 12.2. The lowest BCUT2D eigenvalue weighted by molar-refractivity contribution is 0.0716. The monoisotopic (exact) mass is 237 g/mol. The van der Waals surface area contributed by atoms with Crippen LogP contribution in [0.2, 0.25) is 0 Å². The first-order valence-electron chi connectivity index (χ1n) is 6.27. The molecule has 0 bridgehead atoms. The van der Waals surface area contributed by atoms with Gasteiger partial charge >= 0.3 is 0 Å². The topological polar surface area (TPSA) is 62.5 Å². The fourth-order valence-corrected chi connectivity index (χ4v) is 2.34. The van der Waals surface area contributed by atoms with Gasteiger partial charge in [0.05, 0.1) is 24.0 Å². The van der Waals surface area contributed by atoms with Crippen LogP contribution < -0.4 is 5.32 Å². The Kier molecular flexibility index (Phi) is 3.84. The number of carbonyl (C=O) groups is 1. The van der Waals surface area contributed by atoms with Crippen LogP contribution in [0.25, 0.3) is 0 Å². The van der Waals surface area contributed by atoms with Gasteiger partial charge in [-0.15, -0.1) is 0 Å². The van der Waals surface area contributed by atoms with Crippen LogP contribution in [-0.4, -0.2) is 23.2 Å². The van der Waals surface area contributed by atoms with E-state index in [2.05, 4.69) is 5.32 Å². The van der Waals surface area contributed by atoms with Crippen molar-refractivity contribution < 1.29 is 14.3 Å². The van der Waals surface area contributed by atoms with E-state index < -0.39 is 6.10 Å². The van der Waals surface area contributed by atoms with Crippen LogP contribution in [0.1, 0.15) is 48.7 Å². The maximum atomic E-state index is 12.0. The Hall–Kier alpha value is -1.29. The van der Waals surface area contributed by atoms with Gasteiger partial charge in [-0.05, 0) is 18.9 Å². The molecule has 2 atom stereocenters. The normalized spacial score (nSPS) is 24.6. The Morgan fingerprint density at radius 1 is 1.53 bits per heavy atom. The van der Waals surface area contributed by atoms with Gasteiger partial charge in [-0.2, -0.15) is 0 Å². The maximum Gasteiger partial charge on any atom is 0.255 e. The second-order valence-electron chi connectivity index (χ2n) is 4.54. The number of amides is 1. The molecule has 2 rings (SSSR count). The molecule has 4 heteroatoms. The third-order valence-corrected chi connectivity index (χ3v) is 3.36. The van der Waals surface area contributed by atoms with Crippen LogP contribution in [0, 0.1) is 0 Å². The molecule has 2 N–H and O–H groups in total. The number of carbonyl (C=O) groups excluding carboxylic acids is 1. The van der Waals surface area contributed by atoms with Crippen molar-refractivity contribution in [2.45, 2.75) is 51.2 Å². The minimum atomic E-state index is -0.412. The van der Waals surface area contributed by atoms with Crippen LogP contribution in [-0.2, 0) is 6.42 Å². The summed E-state index contributed by atoms with van der Waals surface area (Å²) in [5.41, 5.74) is 0.588. The lowest BCUT2D eigenvalue weighted by Crippen LogP contribution is -2.45. The molecule has 0 unspecified atom stereocenters. The zero-order chi connectivity index (χ0) is 12.3. The van der Waals surface area contributed by atoms with E-state index in [1.807, 2.05) is 6.92 Å². The van der Waals surface area contributed by atoms with Crippen LogP contribution in [0.15, 0.2) is 16.7 Å². The molecule has 1 amide bonds. The van der Waals surface area contributed by atoms with E-state index in [1.54, 1.807) is 6.07 Å². The van der Waals surface area contributed by atoms with E-state index in [9.17, 15) is 9.90 Å². The zero-order valence-electron chi connectivity index (χ0n) is 10.1. The number of aliphatic hydroxyl groups excluding tert-OH is 1. The van der Waals surface area contributed by atoms with Gasteiger partial charge in [0.1, 0.15) is 5.76 Å². The van der Waals surface area contributed by atoms with Gasteiger partial charge in [0.15, 0.2) is 0 Å². The van der Waals surface area contributed by atoms with Gasteiger partial charge < -0.3 is 14.8 Å². The van der Waals surface area contributed by atoms with E-state index >= 15 is 0 Å². The third kappa shape index (κ3) is 2.69. The van der Waals surface area contributed by atoms with E-state index in [0.717, 1.165) is 25.7 Å². The summed E-state index contributed by atoms with van der Waals surface area (Å²) in [7, 11) is 0. The van der Waals surface area contributed by atoms with E-state index in [0.29, 0.717) is 17.7 Å². The quantitative estimate of drug-likeness (QED) is 0.843. The number of aliphatic hydroxyl groups is 1. The first-order chi connectivity index (χ1) is 8.22. The van der Waals surface area contributed by atoms with Crippen molar-refractivity contribution in [1.82, 2.24) is 5.32 Å². The van der Waals surface area contributed by atoms with Gasteiger partial charge in [0, 0.05) is 6.42 Å². The molecule has 1 aromatic heterocycles. The molecule has 1 saturated carbocycles. The fraction of sp³-hybridized carbons (Fsp3) is 0.615. The molecule has 0 saturated heterocycles. The van der Waals surface area contributed by atoms with Crippen molar-refractivity contribution in [2.24, 2.45) is 0 Å². The Balaban J connectivity index is 2.01. The van der Waals surface area contributed by atoms with Gasteiger partial charge in [0.2, 0.25) is 0 Å². The average molecular weight is 237 g/mol. The van der Waals surface area contributed by atoms with Crippen molar-refractivity contribution in [3.63, 3.8) is 0 Å². The van der Waals surface area contributed by atoms with Gasteiger partial charge in [0.25, 0.3) is 5.91 Å². The maximum absolute atomic E-state index is 12.0. The summed E-state index contributed by atoms with van der Waals surface area (Å²) in [6, 6.07) is 1.57. The molecule has 1 aliphatic rings. The van der Waals surface area contributed by atoms with Crippen molar-refractivity contribution in [1.29, 1.82) is 0 Å². The van der Waals surface area contributed by atoms with Gasteiger partial charge in [-0.1, -0.05) is 19.8 Å². The summed E-state index contributed by atoms with van der Waals surface area (Å²) >= 11 is 0. The molecule has 1 fully saturated rings.